The number of nitrogen functional groups attached to an aromatic ring is 1. The topological polar surface area (TPSA) is 64.9 Å². The van der Waals surface area contributed by atoms with Crippen LogP contribution in [0.15, 0.2) is 44.0 Å². The van der Waals surface area contributed by atoms with E-state index in [1.165, 1.54) is 0 Å². The molecular formula is C12H8BrN3OS. The van der Waals surface area contributed by atoms with Crippen LogP contribution in [0, 0.1) is 0 Å². The SMILES string of the molecule is Nc1ccc(Br)c(-c2nc(-c3ccsc3)no2)c1. The zero-order valence-corrected chi connectivity index (χ0v) is 11.5. The van der Waals surface area contributed by atoms with Crippen molar-refractivity contribution in [2.75, 3.05) is 5.73 Å². The molecule has 1 aromatic carbocycles. The van der Waals surface area contributed by atoms with E-state index in [1.807, 2.05) is 29.0 Å². The highest BCUT2D eigenvalue weighted by molar-refractivity contribution is 9.10. The Morgan fingerprint density at radius 1 is 1.28 bits per heavy atom. The molecule has 0 unspecified atom stereocenters. The fourth-order valence-electron chi connectivity index (χ4n) is 1.55. The van der Waals surface area contributed by atoms with E-state index < -0.39 is 0 Å². The second-order valence-corrected chi connectivity index (χ2v) is 5.31. The summed E-state index contributed by atoms with van der Waals surface area (Å²) in [5.41, 5.74) is 8.16. The lowest BCUT2D eigenvalue weighted by Crippen LogP contribution is -1.87. The van der Waals surface area contributed by atoms with Gasteiger partial charge >= 0.3 is 0 Å². The van der Waals surface area contributed by atoms with Crippen molar-refractivity contribution in [2.24, 2.45) is 0 Å². The van der Waals surface area contributed by atoms with Crippen LogP contribution in [-0.4, -0.2) is 10.1 Å². The fraction of sp³-hybridized carbons (Fsp3) is 0. The molecule has 0 saturated heterocycles. The predicted octanol–water partition coefficient (Wildman–Crippen LogP) is 3.81. The molecule has 0 aliphatic heterocycles. The highest BCUT2D eigenvalue weighted by atomic mass is 79.9. The minimum Gasteiger partial charge on any atom is -0.399 e. The predicted molar refractivity (Wildman–Crippen MR) is 75.2 cm³/mol. The van der Waals surface area contributed by atoms with Crippen LogP contribution in [0.3, 0.4) is 0 Å². The Balaban J connectivity index is 2.05. The lowest BCUT2D eigenvalue weighted by molar-refractivity contribution is 0.432. The number of benzene rings is 1. The van der Waals surface area contributed by atoms with Gasteiger partial charge in [-0.3, -0.25) is 0 Å². The second kappa shape index (κ2) is 4.55. The molecule has 2 heterocycles. The first kappa shape index (κ1) is 11.4. The van der Waals surface area contributed by atoms with Crippen molar-refractivity contribution in [3.05, 3.63) is 39.5 Å². The molecule has 0 bridgehead atoms. The number of nitrogens with two attached hydrogens (primary N) is 1. The largest absolute Gasteiger partial charge is 0.399 e. The van der Waals surface area contributed by atoms with Gasteiger partial charge in [-0.05, 0) is 45.6 Å². The van der Waals surface area contributed by atoms with Gasteiger partial charge in [0.2, 0.25) is 5.82 Å². The van der Waals surface area contributed by atoms with Crippen LogP contribution >= 0.6 is 27.3 Å². The van der Waals surface area contributed by atoms with Crippen molar-refractivity contribution in [1.82, 2.24) is 10.1 Å². The van der Waals surface area contributed by atoms with E-state index in [0.717, 1.165) is 15.6 Å². The summed E-state index contributed by atoms with van der Waals surface area (Å²) in [6.45, 7) is 0. The van der Waals surface area contributed by atoms with E-state index in [4.69, 9.17) is 10.3 Å². The van der Waals surface area contributed by atoms with Crippen LogP contribution in [-0.2, 0) is 0 Å². The zero-order valence-electron chi connectivity index (χ0n) is 9.13. The van der Waals surface area contributed by atoms with Gasteiger partial charge in [-0.15, -0.1) is 0 Å². The Kier molecular flexibility index (Phi) is 2.89. The lowest BCUT2D eigenvalue weighted by Gasteiger charge is -1.99. The molecule has 2 aromatic heterocycles. The minimum atomic E-state index is 0.454. The Hall–Kier alpha value is -1.66. The van der Waals surface area contributed by atoms with Crippen molar-refractivity contribution in [3.63, 3.8) is 0 Å². The summed E-state index contributed by atoms with van der Waals surface area (Å²) in [6.07, 6.45) is 0. The van der Waals surface area contributed by atoms with Crippen LogP contribution < -0.4 is 5.73 Å². The fourth-order valence-corrected chi connectivity index (χ4v) is 2.60. The van der Waals surface area contributed by atoms with E-state index in [9.17, 15) is 0 Å². The summed E-state index contributed by atoms with van der Waals surface area (Å²) in [7, 11) is 0. The molecular weight excluding hydrogens is 314 g/mol. The maximum atomic E-state index is 5.76. The molecule has 0 aliphatic rings. The van der Waals surface area contributed by atoms with Gasteiger partial charge in [0.15, 0.2) is 0 Å². The standard InChI is InChI=1S/C12H8BrN3OS/c13-10-2-1-8(14)5-9(10)12-15-11(16-17-12)7-3-4-18-6-7/h1-6H,14H2. The van der Waals surface area contributed by atoms with Crippen LogP contribution in [0.5, 0.6) is 0 Å². The van der Waals surface area contributed by atoms with Crippen molar-refractivity contribution in [1.29, 1.82) is 0 Å². The van der Waals surface area contributed by atoms with Gasteiger partial charge in [-0.2, -0.15) is 16.3 Å². The number of anilines is 1. The summed E-state index contributed by atoms with van der Waals surface area (Å²) in [4.78, 5) is 4.37. The van der Waals surface area contributed by atoms with Gasteiger partial charge in [0.1, 0.15) is 0 Å². The van der Waals surface area contributed by atoms with Gasteiger partial charge in [-0.1, -0.05) is 5.16 Å². The van der Waals surface area contributed by atoms with Gasteiger partial charge in [0.05, 0.1) is 5.56 Å². The lowest BCUT2D eigenvalue weighted by atomic mass is 10.2. The Morgan fingerprint density at radius 3 is 2.94 bits per heavy atom. The van der Waals surface area contributed by atoms with Gasteiger partial charge in [0.25, 0.3) is 5.89 Å². The van der Waals surface area contributed by atoms with E-state index in [0.29, 0.717) is 17.4 Å². The average molecular weight is 322 g/mol. The summed E-state index contributed by atoms with van der Waals surface area (Å²) >= 11 is 5.04. The number of thiophene rings is 1. The van der Waals surface area contributed by atoms with Crippen LogP contribution in [0.1, 0.15) is 0 Å². The van der Waals surface area contributed by atoms with Gasteiger partial charge in [0, 0.05) is 21.1 Å². The summed E-state index contributed by atoms with van der Waals surface area (Å²) in [6, 6.07) is 7.42. The minimum absolute atomic E-state index is 0.454. The number of hydrogen-bond acceptors (Lipinski definition) is 5. The Bertz CT molecular complexity index is 678. The van der Waals surface area contributed by atoms with Crippen LogP contribution in [0.4, 0.5) is 5.69 Å². The van der Waals surface area contributed by atoms with Crippen LogP contribution in [0.25, 0.3) is 22.8 Å². The quantitative estimate of drug-likeness (QED) is 0.729. The number of hydrogen-bond donors (Lipinski definition) is 1. The maximum Gasteiger partial charge on any atom is 0.259 e. The third-order valence-corrected chi connectivity index (χ3v) is 3.80. The Morgan fingerprint density at radius 2 is 2.17 bits per heavy atom. The van der Waals surface area contributed by atoms with Crippen molar-refractivity contribution >= 4 is 33.0 Å². The summed E-state index contributed by atoms with van der Waals surface area (Å²) in [5, 5.41) is 7.91. The summed E-state index contributed by atoms with van der Waals surface area (Å²) in [5.74, 6) is 1.04. The van der Waals surface area contributed by atoms with Gasteiger partial charge in [-0.25, -0.2) is 0 Å². The van der Waals surface area contributed by atoms with E-state index in [1.54, 1.807) is 17.4 Å². The number of rotatable bonds is 2. The highest BCUT2D eigenvalue weighted by Crippen LogP contribution is 2.30. The molecule has 0 aliphatic carbocycles. The van der Waals surface area contributed by atoms with Crippen LogP contribution in [0.2, 0.25) is 0 Å². The average Bonchev–Trinajstić information content (AvgIpc) is 3.00. The maximum absolute atomic E-state index is 5.76. The van der Waals surface area contributed by atoms with Crippen molar-refractivity contribution < 1.29 is 4.52 Å². The molecule has 90 valence electrons. The van der Waals surface area contributed by atoms with Crippen molar-refractivity contribution in [3.8, 4) is 22.8 Å². The third-order valence-electron chi connectivity index (χ3n) is 2.43. The monoisotopic (exact) mass is 321 g/mol. The molecule has 0 atom stereocenters. The molecule has 3 aromatic rings. The number of nitrogens with zero attached hydrogens (tertiary/aromatic N) is 2. The Labute approximate surface area is 116 Å². The first-order chi connectivity index (χ1) is 8.74. The second-order valence-electron chi connectivity index (χ2n) is 3.67. The molecule has 6 heteroatoms. The first-order valence-electron chi connectivity index (χ1n) is 5.16. The van der Waals surface area contributed by atoms with Gasteiger partial charge < -0.3 is 10.3 Å². The molecule has 3 rings (SSSR count). The zero-order chi connectivity index (χ0) is 12.5. The first-order valence-corrected chi connectivity index (χ1v) is 6.89. The van der Waals surface area contributed by atoms with Crippen molar-refractivity contribution in [2.45, 2.75) is 0 Å². The molecule has 2 N–H and O–H groups in total. The molecule has 0 spiro atoms. The third kappa shape index (κ3) is 2.04. The smallest absolute Gasteiger partial charge is 0.259 e. The molecule has 0 radical (unpaired) electrons. The van der Waals surface area contributed by atoms with E-state index in [2.05, 4.69) is 26.1 Å². The molecule has 0 amide bonds. The molecule has 18 heavy (non-hydrogen) atoms. The number of halogens is 1. The van der Waals surface area contributed by atoms with E-state index in [-0.39, 0.29) is 0 Å². The normalized spacial score (nSPS) is 10.7. The summed E-state index contributed by atoms with van der Waals surface area (Å²) < 4.78 is 6.14. The number of aromatic nitrogens is 2. The molecule has 0 saturated carbocycles. The molecule has 0 fully saturated rings. The molecule has 4 nitrogen and oxygen atoms in total. The highest BCUT2D eigenvalue weighted by Gasteiger charge is 2.13. The van der Waals surface area contributed by atoms with E-state index >= 15 is 0 Å².